The third-order valence-corrected chi connectivity index (χ3v) is 4.78. The predicted molar refractivity (Wildman–Crippen MR) is 86.7 cm³/mol. The Kier molecular flexibility index (Phi) is 4.60. The zero-order chi connectivity index (χ0) is 16.2. The average molecular weight is 328 g/mol. The Labute approximate surface area is 138 Å². The summed E-state index contributed by atoms with van der Waals surface area (Å²) in [5.41, 5.74) is 0.912. The summed E-state index contributed by atoms with van der Waals surface area (Å²) in [5, 5.41) is 12.2. The molecule has 118 valence electrons. The van der Waals surface area contributed by atoms with Crippen LogP contribution >= 0.6 is 11.3 Å². The van der Waals surface area contributed by atoms with Crippen LogP contribution in [0.4, 0.5) is 5.13 Å². The van der Waals surface area contributed by atoms with Gasteiger partial charge in [-0.3, -0.25) is 9.78 Å². The van der Waals surface area contributed by atoms with Crippen molar-refractivity contribution in [2.45, 2.75) is 12.8 Å². The summed E-state index contributed by atoms with van der Waals surface area (Å²) in [7, 11) is 2.07. The molecule has 0 unspecified atom stereocenters. The molecule has 0 spiro atoms. The number of hydrogen-bond donors (Lipinski definition) is 1. The number of aromatic nitrogens is 3. The molecule has 2 aromatic rings. The summed E-state index contributed by atoms with van der Waals surface area (Å²) in [4.78, 5) is 27.7. The number of nitrogens with zero attached hydrogens (tertiary/aromatic N) is 5. The topological polar surface area (TPSA) is 94.8 Å². The van der Waals surface area contributed by atoms with Crippen molar-refractivity contribution >= 4 is 22.4 Å². The molecule has 1 fully saturated rings. The molecule has 8 heteroatoms. The number of nitriles is 1. The summed E-state index contributed by atoms with van der Waals surface area (Å²) in [6.45, 7) is 1.89. The predicted octanol–water partition coefficient (Wildman–Crippen LogP) is 1.75. The van der Waals surface area contributed by atoms with Crippen LogP contribution in [0.5, 0.6) is 0 Å². The van der Waals surface area contributed by atoms with Crippen LogP contribution in [0.25, 0.3) is 10.6 Å². The minimum absolute atomic E-state index is 0.0323. The maximum atomic E-state index is 12.3. The highest BCUT2D eigenvalue weighted by molar-refractivity contribution is 7.19. The number of carbonyl (C=O) groups excluding carboxylic acids is 1. The summed E-state index contributed by atoms with van der Waals surface area (Å²) in [6, 6.07) is 1.93. The van der Waals surface area contributed by atoms with Crippen LogP contribution in [0.3, 0.4) is 0 Å². The molecule has 0 atom stereocenters. The van der Waals surface area contributed by atoms with Crippen LogP contribution in [0, 0.1) is 17.2 Å². The highest BCUT2D eigenvalue weighted by atomic mass is 32.1. The first kappa shape index (κ1) is 15.5. The maximum absolute atomic E-state index is 12.3. The van der Waals surface area contributed by atoms with E-state index in [-0.39, 0.29) is 17.5 Å². The Morgan fingerprint density at radius 1 is 1.30 bits per heavy atom. The van der Waals surface area contributed by atoms with Gasteiger partial charge in [-0.1, -0.05) is 11.3 Å². The average Bonchev–Trinajstić information content (AvgIpc) is 3.04. The van der Waals surface area contributed by atoms with E-state index in [4.69, 9.17) is 5.26 Å². The molecule has 3 heterocycles. The van der Waals surface area contributed by atoms with Gasteiger partial charge in [0.15, 0.2) is 10.8 Å². The molecule has 1 amide bonds. The summed E-state index contributed by atoms with van der Waals surface area (Å²) < 4.78 is 0. The second-order valence-electron chi connectivity index (χ2n) is 5.50. The quantitative estimate of drug-likeness (QED) is 0.922. The van der Waals surface area contributed by atoms with Crippen molar-refractivity contribution in [2.24, 2.45) is 5.92 Å². The fourth-order valence-corrected chi connectivity index (χ4v) is 3.22. The Hall–Kier alpha value is -2.37. The zero-order valence-corrected chi connectivity index (χ0v) is 13.5. The number of thiazole rings is 1. The molecule has 2 aromatic heterocycles. The minimum Gasteiger partial charge on any atom is -0.306 e. The largest absolute Gasteiger partial charge is 0.306 e. The molecule has 7 nitrogen and oxygen atoms in total. The number of hydrogen-bond acceptors (Lipinski definition) is 7. The van der Waals surface area contributed by atoms with E-state index in [1.54, 1.807) is 6.20 Å². The van der Waals surface area contributed by atoms with Gasteiger partial charge < -0.3 is 10.2 Å². The Balaban J connectivity index is 1.65. The number of likely N-dealkylation sites (tertiary alicyclic amines) is 1. The van der Waals surface area contributed by atoms with Crippen molar-refractivity contribution in [1.29, 1.82) is 5.26 Å². The maximum Gasteiger partial charge on any atom is 0.229 e. The number of amides is 1. The van der Waals surface area contributed by atoms with Crippen molar-refractivity contribution in [2.75, 3.05) is 25.5 Å². The van der Waals surface area contributed by atoms with Gasteiger partial charge in [0.2, 0.25) is 5.91 Å². The molecule has 0 aromatic carbocycles. The third kappa shape index (κ3) is 3.70. The van der Waals surface area contributed by atoms with Gasteiger partial charge in [-0.15, -0.1) is 0 Å². The van der Waals surface area contributed by atoms with Gasteiger partial charge in [0.05, 0.1) is 17.3 Å². The van der Waals surface area contributed by atoms with E-state index in [0.29, 0.717) is 10.8 Å². The molecule has 0 aliphatic carbocycles. The smallest absolute Gasteiger partial charge is 0.229 e. The molecule has 1 N–H and O–H groups in total. The molecule has 1 aliphatic heterocycles. The number of rotatable bonds is 3. The molecular formula is C15H16N6OS. The first-order chi connectivity index (χ1) is 11.2. The SMILES string of the molecule is CN1CCC(C(=O)Nc2ncc(-c3cnc(C#N)cn3)s2)CC1. The Bertz CT molecular complexity index is 727. The number of nitrogens with one attached hydrogen (secondary N) is 1. The van der Waals surface area contributed by atoms with Gasteiger partial charge >= 0.3 is 0 Å². The highest BCUT2D eigenvalue weighted by Gasteiger charge is 2.24. The minimum atomic E-state index is 0.0323. The molecular weight excluding hydrogens is 312 g/mol. The van der Waals surface area contributed by atoms with Crippen LogP contribution in [-0.2, 0) is 4.79 Å². The second-order valence-corrected chi connectivity index (χ2v) is 6.53. The highest BCUT2D eigenvalue weighted by Crippen LogP contribution is 2.28. The van der Waals surface area contributed by atoms with Crippen LogP contribution < -0.4 is 5.32 Å². The van der Waals surface area contributed by atoms with Crippen LogP contribution in [-0.4, -0.2) is 45.9 Å². The second kappa shape index (κ2) is 6.81. The fraction of sp³-hybridized carbons (Fsp3) is 0.400. The number of carbonyl (C=O) groups is 1. The Morgan fingerprint density at radius 2 is 2.09 bits per heavy atom. The molecule has 1 aliphatic rings. The van der Waals surface area contributed by atoms with Gasteiger partial charge in [0.1, 0.15) is 11.8 Å². The monoisotopic (exact) mass is 328 g/mol. The molecule has 0 saturated carbocycles. The first-order valence-corrected chi connectivity index (χ1v) is 8.15. The number of piperidine rings is 1. The lowest BCUT2D eigenvalue weighted by atomic mass is 9.96. The molecule has 0 radical (unpaired) electrons. The lowest BCUT2D eigenvalue weighted by Crippen LogP contribution is -2.35. The van der Waals surface area contributed by atoms with E-state index in [2.05, 4.69) is 32.2 Å². The van der Waals surface area contributed by atoms with E-state index < -0.39 is 0 Å². The summed E-state index contributed by atoms with van der Waals surface area (Å²) in [5.74, 6) is 0.0816. The zero-order valence-electron chi connectivity index (χ0n) is 12.7. The lowest BCUT2D eigenvalue weighted by Gasteiger charge is -2.27. The van der Waals surface area contributed by atoms with Crippen LogP contribution in [0.15, 0.2) is 18.6 Å². The van der Waals surface area contributed by atoms with Crippen molar-refractivity contribution in [3.8, 4) is 16.6 Å². The van der Waals surface area contributed by atoms with Gasteiger partial charge in [-0.05, 0) is 33.0 Å². The standard InChI is InChI=1S/C15H16N6OS/c1-21-4-2-10(3-5-21)14(22)20-15-19-9-13(23-15)12-8-17-11(6-16)7-18-12/h7-10H,2-5H2,1H3,(H,19,20,22). The van der Waals surface area contributed by atoms with Gasteiger partial charge in [-0.2, -0.15) is 5.26 Å². The first-order valence-electron chi connectivity index (χ1n) is 7.33. The van der Waals surface area contributed by atoms with Gasteiger partial charge in [0.25, 0.3) is 0 Å². The van der Waals surface area contributed by atoms with Crippen molar-refractivity contribution in [1.82, 2.24) is 19.9 Å². The van der Waals surface area contributed by atoms with Crippen LogP contribution in [0.1, 0.15) is 18.5 Å². The van der Waals surface area contributed by atoms with E-state index in [9.17, 15) is 4.79 Å². The Morgan fingerprint density at radius 3 is 2.74 bits per heavy atom. The van der Waals surface area contributed by atoms with E-state index in [1.807, 2.05) is 6.07 Å². The normalized spacial score (nSPS) is 16.0. The molecule has 3 rings (SSSR count). The van der Waals surface area contributed by atoms with Crippen molar-refractivity contribution in [3.05, 3.63) is 24.3 Å². The molecule has 1 saturated heterocycles. The van der Waals surface area contributed by atoms with E-state index >= 15 is 0 Å². The van der Waals surface area contributed by atoms with Gasteiger partial charge in [0, 0.05) is 12.1 Å². The summed E-state index contributed by atoms with van der Waals surface area (Å²) >= 11 is 1.35. The fourth-order valence-electron chi connectivity index (χ4n) is 2.44. The third-order valence-electron chi connectivity index (χ3n) is 3.84. The van der Waals surface area contributed by atoms with Crippen LogP contribution in [0.2, 0.25) is 0 Å². The molecule has 23 heavy (non-hydrogen) atoms. The van der Waals surface area contributed by atoms with Crippen molar-refractivity contribution in [3.63, 3.8) is 0 Å². The molecule has 0 bridgehead atoms. The van der Waals surface area contributed by atoms with E-state index in [1.165, 1.54) is 23.7 Å². The number of anilines is 1. The summed E-state index contributed by atoms with van der Waals surface area (Å²) in [6.07, 6.45) is 6.37. The lowest BCUT2D eigenvalue weighted by molar-refractivity contribution is -0.121. The van der Waals surface area contributed by atoms with Gasteiger partial charge in [-0.25, -0.2) is 9.97 Å². The van der Waals surface area contributed by atoms with Crippen molar-refractivity contribution < 1.29 is 4.79 Å². The van der Waals surface area contributed by atoms with E-state index in [0.717, 1.165) is 30.8 Å².